The van der Waals surface area contributed by atoms with Crippen molar-refractivity contribution in [1.29, 1.82) is 0 Å². The Hall–Kier alpha value is -3.65. The number of aromatic nitrogens is 3. The van der Waals surface area contributed by atoms with Crippen molar-refractivity contribution in [3.63, 3.8) is 0 Å². The number of nitrogens with zero attached hydrogens (tertiary/aromatic N) is 3. The molecule has 0 atom stereocenters. The number of hydrogen-bond donors (Lipinski definition) is 1. The molecule has 1 N–H and O–H groups in total. The van der Waals surface area contributed by atoms with Crippen LogP contribution in [0.1, 0.15) is 21.5 Å². The maximum atomic E-state index is 12.8. The third kappa shape index (κ3) is 4.02. The van der Waals surface area contributed by atoms with Crippen LogP contribution in [-0.4, -0.2) is 32.2 Å². The topological polar surface area (TPSA) is 90.0 Å². The van der Waals surface area contributed by atoms with Crippen LogP contribution in [0.5, 0.6) is 0 Å². The summed E-state index contributed by atoms with van der Waals surface area (Å²) in [6.45, 7) is 0.563. The Morgan fingerprint density at radius 1 is 1.10 bits per heavy atom. The minimum atomic E-state index is -0.0477. The number of carbonyl (C=O) groups excluding carboxylic acids is 2. The maximum Gasteiger partial charge on any atom is 0.228 e. The number of fused-ring (bicyclic) bond motifs is 1. The second-order valence-electron chi connectivity index (χ2n) is 7.16. The Bertz CT molecular complexity index is 1250. The molecule has 7 nitrogen and oxygen atoms in total. The molecule has 31 heavy (non-hydrogen) atoms. The van der Waals surface area contributed by atoms with Gasteiger partial charge < -0.3 is 9.73 Å². The molecular weight excluding hydrogens is 412 g/mol. The fraction of sp³-hybridized carbons (Fsp3) is 0.130. The smallest absolute Gasteiger partial charge is 0.228 e. The fourth-order valence-electron chi connectivity index (χ4n) is 3.51. The molecule has 1 aliphatic heterocycles. The monoisotopic (exact) mass is 430 g/mol. The summed E-state index contributed by atoms with van der Waals surface area (Å²) in [6, 6.07) is 19.0. The van der Waals surface area contributed by atoms with Crippen molar-refractivity contribution in [2.45, 2.75) is 18.1 Å². The van der Waals surface area contributed by atoms with Gasteiger partial charge in [0, 0.05) is 11.3 Å². The Labute approximate surface area is 182 Å². The second kappa shape index (κ2) is 8.23. The summed E-state index contributed by atoms with van der Waals surface area (Å²) in [5.41, 5.74) is 3.32. The first-order valence-corrected chi connectivity index (χ1v) is 10.8. The van der Waals surface area contributed by atoms with Gasteiger partial charge in [0.15, 0.2) is 16.7 Å². The number of rotatable bonds is 7. The zero-order valence-electron chi connectivity index (χ0n) is 16.4. The van der Waals surface area contributed by atoms with E-state index in [-0.39, 0.29) is 17.4 Å². The summed E-state index contributed by atoms with van der Waals surface area (Å²) in [4.78, 5) is 24.4. The lowest BCUT2D eigenvalue weighted by Gasteiger charge is -2.09. The van der Waals surface area contributed by atoms with E-state index < -0.39 is 0 Å². The highest BCUT2D eigenvalue weighted by molar-refractivity contribution is 7.99. The molecule has 8 heteroatoms. The lowest BCUT2D eigenvalue weighted by Crippen LogP contribution is -2.07. The molecule has 0 saturated carbocycles. The van der Waals surface area contributed by atoms with Crippen molar-refractivity contribution in [3.8, 4) is 11.6 Å². The highest BCUT2D eigenvalue weighted by Crippen LogP contribution is 2.28. The molecule has 4 aromatic rings. The minimum Gasteiger partial charge on any atom is -0.461 e. The third-order valence-electron chi connectivity index (χ3n) is 5.03. The summed E-state index contributed by atoms with van der Waals surface area (Å²) in [6.07, 6.45) is 1.90. The van der Waals surface area contributed by atoms with Crippen LogP contribution in [0, 0.1) is 0 Å². The van der Waals surface area contributed by atoms with E-state index in [0.29, 0.717) is 35.3 Å². The molecule has 1 amide bonds. The van der Waals surface area contributed by atoms with Gasteiger partial charge in [-0.3, -0.25) is 14.2 Å². The van der Waals surface area contributed by atoms with Gasteiger partial charge in [0.05, 0.1) is 25.0 Å². The quantitative estimate of drug-likeness (QED) is 0.351. The van der Waals surface area contributed by atoms with E-state index in [1.54, 1.807) is 30.5 Å². The largest absolute Gasteiger partial charge is 0.461 e. The summed E-state index contributed by atoms with van der Waals surface area (Å²) >= 11 is 1.34. The number of ketones is 1. The molecule has 2 aromatic carbocycles. The van der Waals surface area contributed by atoms with Crippen LogP contribution in [0.2, 0.25) is 0 Å². The van der Waals surface area contributed by atoms with Crippen molar-refractivity contribution < 1.29 is 14.0 Å². The van der Waals surface area contributed by atoms with Gasteiger partial charge >= 0.3 is 0 Å². The van der Waals surface area contributed by atoms with Gasteiger partial charge in [-0.05, 0) is 41.5 Å². The van der Waals surface area contributed by atoms with Crippen LogP contribution in [-0.2, 0) is 17.8 Å². The molecule has 0 unspecified atom stereocenters. The van der Waals surface area contributed by atoms with E-state index in [1.807, 2.05) is 41.0 Å². The SMILES string of the molecule is O=C1Cc2cc(C(=O)CSc3nnc(-c4ccco4)n3Cc3ccccc3)ccc2N1. The van der Waals surface area contributed by atoms with Crippen molar-refractivity contribution in [3.05, 3.63) is 83.6 Å². The van der Waals surface area contributed by atoms with Gasteiger partial charge in [0.1, 0.15) is 0 Å². The molecule has 0 saturated heterocycles. The standard InChI is InChI=1S/C23H18N4O3S/c28-19(16-8-9-18-17(11-16)12-21(29)24-18)14-31-23-26-25-22(20-7-4-10-30-20)27(23)13-15-5-2-1-3-6-15/h1-11H,12-14H2,(H,24,29). The zero-order valence-corrected chi connectivity index (χ0v) is 17.3. The molecule has 0 spiro atoms. The molecular formula is C23H18N4O3S. The van der Waals surface area contributed by atoms with E-state index in [0.717, 1.165) is 16.8 Å². The molecule has 1 aliphatic rings. The summed E-state index contributed by atoms with van der Waals surface area (Å²) in [5, 5.41) is 12.0. The number of hydrogen-bond acceptors (Lipinski definition) is 6. The van der Waals surface area contributed by atoms with E-state index in [9.17, 15) is 9.59 Å². The summed E-state index contributed by atoms with van der Waals surface area (Å²) < 4.78 is 7.48. The molecule has 3 heterocycles. The van der Waals surface area contributed by atoms with Gasteiger partial charge in [-0.1, -0.05) is 42.1 Å². The molecule has 0 radical (unpaired) electrons. The van der Waals surface area contributed by atoms with Crippen LogP contribution in [0.4, 0.5) is 5.69 Å². The molecule has 0 fully saturated rings. The fourth-order valence-corrected chi connectivity index (χ4v) is 4.34. The third-order valence-corrected chi connectivity index (χ3v) is 5.99. The molecule has 154 valence electrons. The summed E-state index contributed by atoms with van der Waals surface area (Å²) in [7, 11) is 0. The molecule has 5 rings (SSSR count). The Morgan fingerprint density at radius 2 is 1.97 bits per heavy atom. The van der Waals surface area contributed by atoms with E-state index >= 15 is 0 Å². The van der Waals surface area contributed by atoms with Gasteiger partial charge in [0.25, 0.3) is 0 Å². The predicted molar refractivity (Wildman–Crippen MR) is 117 cm³/mol. The van der Waals surface area contributed by atoms with Crippen LogP contribution in [0.3, 0.4) is 0 Å². The lowest BCUT2D eigenvalue weighted by molar-refractivity contribution is -0.115. The Morgan fingerprint density at radius 3 is 2.77 bits per heavy atom. The Balaban J connectivity index is 1.37. The van der Waals surface area contributed by atoms with Gasteiger partial charge in [0.2, 0.25) is 11.7 Å². The van der Waals surface area contributed by atoms with E-state index in [2.05, 4.69) is 15.5 Å². The van der Waals surface area contributed by atoms with Gasteiger partial charge in [-0.25, -0.2) is 0 Å². The van der Waals surface area contributed by atoms with Crippen LogP contribution in [0.15, 0.2) is 76.5 Å². The van der Waals surface area contributed by atoms with Gasteiger partial charge in [-0.15, -0.1) is 10.2 Å². The number of anilines is 1. The molecule has 0 bridgehead atoms. The highest BCUT2D eigenvalue weighted by atomic mass is 32.2. The highest BCUT2D eigenvalue weighted by Gasteiger charge is 2.21. The van der Waals surface area contributed by atoms with Crippen molar-refractivity contribution >= 4 is 29.1 Å². The second-order valence-corrected chi connectivity index (χ2v) is 8.11. The molecule has 0 aliphatic carbocycles. The average molecular weight is 430 g/mol. The number of nitrogens with one attached hydrogen (secondary N) is 1. The van der Waals surface area contributed by atoms with Gasteiger partial charge in [-0.2, -0.15) is 0 Å². The predicted octanol–water partition coefficient (Wildman–Crippen LogP) is 4.06. The first kappa shape index (κ1) is 19.3. The lowest BCUT2D eigenvalue weighted by atomic mass is 10.1. The van der Waals surface area contributed by atoms with Crippen molar-refractivity contribution in [2.75, 3.05) is 11.1 Å². The Kier molecular flexibility index (Phi) is 5.13. The van der Waals surface area contributed by atoms with Crippen molar-refractivity contribution in [1.82, 2.24) is 14.8 Å². The number of Topliss-reactive ketones (excluding diaryl/α,β-unsaturated/α-hetero) is 1. The number of furan rings is 1. The van der Waals surface area contributed by atoms with E-state index in [1.165, 1.54) is 11.8 Å². The van der Waals surface area contributed by atoms with Crippen LogP contribution >= 0.6 is 11.8 Å². The summed E-state index contributed by atoms with van der Waals surface area (Å²) in [5.74, 6) is 1.38. The number of amides is 1. The first-order valence-electron chi connectivity index (χ1n) is 9.77. The minimum absolute atomic E-state index is 0.0269. The van der Waals surface area contributed by atoms with E-state index in [4.69, 9.17) is 4.42 Å². The normalized spacial score (nSPS) is 12.6. The first-order chi connectivity index (χ1) is 15.2. The van der Waals surface area contributed by atoms with Crippen LogP contribution in [0.25, 0.3) is 11.6 Å². The number of benzene rings is 2. The zero-order chi connectivity index (χ0) is 21.2. The molecule has 2 aromatic heterocycles. The average Bonchev–Trinajstić information content (AvgIpc) is 3.51. The van der Waals surface area contributed by atoms with Crippen molar-refractivity contribution in [2.24, 2.45) is 0 Å². The maximum absolute atomic E-state index is 12.8. The number of carbonyl (C=O) groups is 2. The number of thioether (sulfide) groups is 1. The van der Waals surface area contributed by atoms with Crippen LogP contribution < -0.4 is 5.32 Å².